The second-order valence-corrected chi connectivity index (χ2v) is 9.24. The molecule has 2 amide bonds. The van der Waals surface area contributed by atoms with Crippen molar-refractivity contribution in [2.75, 3.05) is 11.9 Å². The average molecular weight is 471 g/mol. The Morgan fingerprint density at radius 3 is 2.46 bits per heavy atom. The van der Waals surface area contributed by atoms with Crippen LogP contribution in [0.5, 0.6) is 5.75 Å². The lowest BCUT2D eigenvalue weighted by Crippen LogP contribution is -2.40. The highest BCUT2D eigenvalue weighted by Gasteiger charge is 2.32. The van der Waals surface area contributed by atoms with Gasteiger partial charge in [-0.25, -0.2) is 0 Å². The number of carbonyl (C=O) groups is 2. The van der Waals surface area contributed by atoms with E-state index in [1.54, 1.807) is 0 Å². The summed E-state index contributed by atoms with van der Waals surface area (Å²) in [5.74, 6) is 0.600. The molecule has 182 valence electrons. The van der Waals surface area contributed by atoms with Gasteiger partial charge in [0.25, 0.3) is 5.91 Å². The lowest BCUT2D eigenvalue weighted by Gasteiger charge is -2.38. The molecule has 4 rings (SSSR count). The molecule has 1 aliphatic heterocycles. The summed E-state index contributed by atoms with van der Waals surface area (Å²) < 4.78 is 6.20. The normalized spacial score (nSPS) is 15.8. The minimum absolute atomic E-state index is 0.136. The molecule has 0 saturated carbocycles. The fraction of sp³-hybridized carbons (Fsp3) is 0.333. The van der Waals surface area contributed by atoms with Crippen LogP contribution in [0.1, 0.15) is 60.5 Å². The number of anilines is 1. The van der Waals surface area contributed by atoms with Crippen molar-refractivity contribution < 1.29 is 14.3 Å². The van der Waals surface area contributed by atoms with Crippen LogP contribution < -0.4 is 10.1 Å². The zero-order valence-corrected chi connectivity index (χ0v) is 21.0. The summed E-state index contributed by atoms with van der Waals surface area (Å²) in [5.41, 5.74) is 6.38. The summed E-state index contributed by atoms with van der Waals surface area (Å²) in [6.07, 6.45) is 1.18. The van der Waals surface area contributed by atoms with Crippen LogP contribution in [0.2, 0.25) is 0 Å². The fourth-order valence-electron chi connectivity index (χ4n) is 4.68. The van der Waals surface area contributed by atoms with Gasteiger partial charge in [0.2, 0.25) is 5.91 Å². The van der Waals surface area contributed by atoms with E-state index in [0.29, 0.717) is 25.1 Å². The predicted octanol–water partition coefficient (Wildman–Crippen LogP) is 5.98. The van der Waals surface area contributed by atoms with Crippen LogP contribution in [0, 0.1) is 13.8 Å². The molecule has 0 aliphatic carbocycles. The molecule has 3 aromatic rings. The molecule has 5 heteroatoms. The maximum atomic E-state index is 13.0. The summed E-state index contributed by atoms with van der Waals surface area (Å²) in [7, 11) is 0. The van der Waals surface area contributed by atoms with Crippen molar-refractivity contribution in [2.24, 2.45) is 0 Å². The number of amides is 2. The number of hydrogen-bond donors (Lipinski definition) is 1. The van der Waals surface area contributed by atoms with Crippen molar-refractivity contribution in [3.05, 3.63) is 94.5 Å². The zero-order chi connectivity index (χ0) is 24.9. The second kappa shape index (κ2) is 10.8. The van der Waals surface area contributed by atoms with Gasteiger partial charge in [0.1, 0.15) is 5.75 Å². The lowest BCUT2D eigenvalue weighted by atomic mass is 9.87. The number of fused-ring (bicyclic) bond motifs is 1. The number of nitrogens with zero attached hydrogens (tertiary/aromatic N) is 1. The first-order chi connectivity index (χ1) is 16.9. The summed E-state index contributed by atoms with van der Waals surface area (Å²) in [4.78, 5) is 27.8. The smallest absolute Gasteiger partial charge is 0.265 e. The molecule has 0 bridgehead atoms. The van der Waals surface area contributed by atoms with Crippen molar-refractivity contribution in [1.29, 1.82) is 0 Å². The van der Waals surface area contributed by atoms with Gasteiger partial charge < -0.3 is 15.0 Å². The van der Waals surface area contributed by atoms with Crippen LogP contribution in [0.4, 0.5) is 5.69 Å². The molecule has 0 radical (unpaired) electrons. The summed E-state index contributed by atoms with van der Waals surface area (Å²) >= 11 is 0. The second-order valence-electron chi connectivity index (χ2n) is 9.24. The van der Waals surface area contributed by atoms with Gasteiger partial charge in [0.15, 0.2) is 6.10 Å². The van der Waals surface area contributed by atoms with Crippen molar-refractivity contribution in [1.82, 2.24) is 4.90 Å². The first-order valence-electron chi connectivity index (χ1n) is 12.4. The number of nitrogens with one attached hydrogen (secondary N) is 1. The van der Waals surface area contributed by atoms with Crippen LogP contribution >= 0.6 is 0 Å². The molecular formula is C30H34N2O3. The summed E-state index contributed by atoms with van der Waals surface area (Å²) in [6.45, 7) is 8.59. The first-order valence-corrected chi connectivity index (χ1v) is 12.4. The highest BCUT2D eigenvalue weighted by Crippen LogP contribution is 2.38. The summed E-state index contributed by atoms with van der Waals surface area (Å²) in [5, 5.41) is 2.97. The molecule has 3 aromatic carbocycles. The highest BCUT2D eigenvalue weighted by molar-refractivity contribution is 5.94. The van der Waals surface area contributed by atoms with Crippen molar-refractivity contribution in [2.45, 2.75) is 59.1 Å². The van der Waals surface area contributed by atoms with E-state index in [1.165, 1.54) is 11.1 Å². The van der Waals surface area contributed by atoms with E-state index in [4.69, 9.17) is 4.74 Å². The van der Waals surface area contributed by atoms with Gasteiger partial charge in [0, 0.05) is 18.7 Å². The maximum absolute atomic E-state index is 13.0. The number of benzene rings is 3. The van der Waals surface area contributed by atoms with Crippen LogP contribution in [0.3, 0.4) is 0 Å². The molecule has 35 heavy (non-hydrogen) atoms. The van der Waals surface area contributed by atoms with Gasteiger partial charge in [-0.2, -0.15) is 0 Å². The van der Waals surface area contributed by atoms with E-state index in [0.717, 1.165) is 28.8 Å². The van der Waals surface area contributed by atoms with Gasteiger partial charge in [-0.15, -0.1) is 0 Å². The van der Waals surface area contributed by atoms with Crippen LogP contribution in [0.25, 0.3) is 0 Å². The number of hydrogen-bond acceptors (Lipinski definition) is 3. The third-order valence-electron chi connectivity index (χ3n) is 6.59. The van der Waals surface area contributed by atoms with E-state index in [2.05, 4.69) is 42.6 Å². The largest absolute Gasteiger partial charge is 0.481 e. The number of carbonyl (C=O) groups excluding carboxylic acids is 2. The Hall–Kier alpha value is -3.60. The summed E-state index contributed by atoms with van der Waals surface area (Å²) in [6, 6.07) is 22.0. The van der Waals surface area contributed by atoms with Gasteiger partial charge in [-0.05, 0) is 73.2 Å². The van der Waals surface area contributed by atoms with E-state index in [1.807, 2.05) is 62.1 Å². The van der Waals surface area contributed by atoms with E-state index >= 15 is 0 Å². The number of rotatable bonds is 7. The molecule has 2 atom stereocenters. The molecule has 0 saturated heterocycles. The molecule has 1 heterocycles. The van der Waals surface area contributed by atoms with Crippen molar-refractivity contribution >= 4 is 17.5 Å². The van der Waals surface area contributed by atoms with Crippen molar-refractivity contribution in [3.63, 3.8) is 0 Å². The Labute approximate surface area is 208 Å². The average Bonchev–Trinajstić information content (AvgIpc) is 2.86. The third-order valence-corrected chi connectivity index (χ3v) is 6.59. The third kappa shape index (κ3) is 5.56. The lowest BCUT2D eigenvalue weighted by molar-refractivity contribution is -0.133. The Morgan fingerprint density at radius 1 is 1.00 bits per heavy atom. The fourth-order valence-corrected chi connectivity index (χ4v) is 4.68. The molecular weight excluding hydrogens is 436 g/mol. The Morgan fingerprint density at radius 2 is 1.77 bits per heavy atom. The molecule has 0 spiro atoms. The Balaban J connectivity index is 1.62. The Kier molecular flexibility index (Phi) is 7.54. The topological polar surface area (TPSA) is 58.6 Å². The Bertz CT molecular complexity index is 1200. The molecule has 5 nitrogen and oxygen atoms in total. The van der Waals surface area contributed by atoms with Crippen LogP contribution in [-0.4, -0.2) is 29.4 Å². The van der Waals surface area contributed by atoms with E-state index in [9.17, 15) is 9.59 Å². The van der Waals surface area contributed by atoms with Gasteiger partial charge in [0.05, 0.1) is 6.04 Å². The molecule has 0 fully saturated rings. The van der Waals surface area contributed by atoms with Gasteiger partial charge in [-0.3, -0.25) is 9.59 Å². The van der Waals surface area contributed by atoms with Crippen molar-refractivity contribution in [3.8, 4) is 5.75 Å². The highest BCUT2D eigenvalue weighted by atomic mass is 16.5. The predicted molar refractivity (Wildman–Crippen MR) is 140 cm³/mol. The maximum Gasteiger partial charge on any atom is 0.265 e. The minimum atomic E-state index is -0.622. The standard InChI is InChI=1S/C30H34N2O3/c1-5-27(30(34)31-24-9-7-8-21(4)18-24)35-25-15-14-22-16-17-32(28(33)6-2)29(26(22)19-25)23-12-10-20(3)11-13-23/h7-15,18-19,27,29H,5-6,16-17H2,1-4H3,(H,31,34)/t27-,29+/m1/s1. The molecule has 0 unspecified atom stereocenters. The molecule has 1 N–H and O–H groups in total. The number of aryl methyl sites for hydroxylation is 2. The zero-order valence-electron chi connectivity index (χ0n) is 21.0. The number of ether oxygens (including phenoxy) is 1. The monoisotopic (exact) mass is 470 g/mol. The van der Waals surface area contributed by atoms with Crippen LogP contribution in [-0.2, 0) is 16.0 Å². The quantitative estimate of drug-likeness (QED) is 0.462. The SMILES string of the molecule is CCC(=O)N1CCc2ccc(O[C@H](CC)C(=O)Nc3cccc(C)c3)cc2[C@@H]1c1ccc(C)cc1. The van der Waals surface area contributed by atoms with Gasteiger partial charge >= 0.3 is 0 Å². The van der Waals surface area contributed by atoms with Crippen LogP contribution in [0.15, 0.2) is 66.7 Å². The minimum Gasteiger partial charge on any atom is -0.481 e. The first kappa shape index (κ1) is 24.5. The molecule has 1 aliphatic rings. The van der Waals surface area contributed by atoms with Gasteiger partial charge in [-0.1, -0.05) is 61.9 Å². The van der Waals surface area contributed by atoms with E-state index in [-0.39, 0.29) is 17.9 Å². The van der Waals surface area contributed by atoms with E-state index < -0.39 is 6.10 Å². The molecule has 0 aromatic heterocycles.